The molecule has 2 aliphatic rings. The highest BCUT2D eigenvalue weighted by molar-refractivity contribution is 8.13. The molecule has 0 aliphatic carbocycles. The molecular weight excluding hydrogens is 405 g/mol. The normalized spacial score (nSPS) is 22.0. The minimum atomic E-state index is -4.69. The Morgan fingerprint density at radius 3 is 2.38 bits per heavy atom. The molecule has 1 atom stereocenters. The van der Waals surface area contributed by atoms with Gasteiger partial charge in [0.25, 0.3) is 11.7 Å². The largest absolute Gasteiger partial charge is 0.486 e. The highest BCUT2D eigenvalue weighted by Gasteiger charge is 2.54. The van der Waals surface area contributed by atoms with Crippen LogP contribution in [0.3, 0.4) is 0 Å². The zero-order chi connectivity index (χ0) is 21.6. The molecule has 0 bridgehead atoms. The lowest BCUT2D eigenvalue weighted by molar-refractivity contribution is -0.214. The van der Waals surface area contributed by atoms with Crippen LogP contribution in [0, 0.1) is 0 Å². The third kappa shape index (κ3) is 3.25. The summed E-state index contributed by atoms with van der Waals surface area (Å²) in [5.74, 6) is -1.92. The molecule has 29 heavy (non-hydrogen) atoms. The van der Waals surface area contributed by atoms with E-state index < -0.39 is 24.5 Å². The molecule has 1 aromatic rings. The summed E-state index contributed by atoms with van der Waals surface area (Å²) in [7, 11) is 1.76. The predicted molar refractivity (Wildman–Crippen MR) is 106 cm³/mol. The van der Waals surface area contributed by atoms with Crippen LogP contribution in [0.1, 0.15) is 13.3 Å². The van der Waals surface area contributed by atoms with Gasteiger partial charge in [-0.15, -0.1) is 13.2 Å². The first-order chi connectivity index (χ1) is 13.6. The summed E-state index contributed by atoms with van der Waals surface area (Å²) in [5, 5.41) is -0.222. The SMILES string of the molecule is CCC1=C(C(=O)C(N)=O)C2=C(N=C(SC)N(C(F)(F)F)C2)[N+]1(C)c1ccccc1. The Bertz CT molecular complexity index is 969. The number of ketones is 1. The lowest BCUT2D eigenvalue weighted by Crippen LogP contribution is -2.47. The Morgan fingerprint density at radius 2 is 1.90 bits per heavy atom. The number of amidine groups is 1. The van der Waals surface area contributed by atoms with Crippen LogP contribution >= 0.6 is 11.8 Å². The Balaban J connectivity index is 2.34. The number of Topliss-reactive ketones (excluding diaryl/α,β-unsaturated/α-hetero) is 1. The number of aliphatic imine (C=N–C) groups is 1. The summed E-state index contributed by atoms with van der Waals surface area (Å²) in [6.07, 6.45) is -2.86. The van der Waals surface area contributed by atoms with Crippen molar-refractivity contribution in [3.05, 3.63) is 53.0 Å². The van der Waals surface area contributed by atoms with Crippen molar-refractivity contribution in [2.75, 3.05) is 19.8 Å². The molecule has 6 nitrogen and oxygen atoms in total. The predicted octanol–water partition coefficient (Wildman–Crippen LogP) is 3.12. The van der Waals surface area contributed by atoms with Crippen LogP contribution in [0.4, 0.5) is 18.9 Å². The first-order valence-corrected chi connectivity index (χ1v) is 10.0. The average Bonchev–Trinajstić information content (AvgIpc) is 2.94. The lowest BCUT2D eigenvalue weighted by Gasteiger charge is -2.35. The van der Waals surface area contributed by atoms with Gasteiger partial charge in [0.05, 0.1) is 24.7 Å². The second-order valence-corrected chi connectivity index (χ2v) is 7.44. The zero-order valence-electron chi connectivity index (χ0n) is 16.1. The number of carbonyl (C=O) groups is 2. The number of rotatable bonds is 4. The molecule has 10 heteroatoms. The fourth-order valence-corrected chi connectivity index (χ4v) is 4.41. The highest BCUT2D eigenvalue weighted by atomic mass is 32.2. The second-order valence-electron chi connectivity index (χ2n) is 6.67. The molecule has 1 unspecified atom stereocenters. The van der Waals surface area contributed by atoms with Gasteiger partial charge in [-0.2, -0.15) is 4.99 Å². The van der Waals surface area contributed by atoms with Gasteiger partial charge in [0.2, 0.25) is 5.82 Å². The van der Waals surface area contributed by atoms with Gasteiger partial charge in [0.15, 0.2) is 5.17 Å². The Kier molecular flexibility index (Phi) is 5.35. The van der Waals surface area contributed by atoms with E-state index in [2.05, 4.69) is 4.99 Å². The molecule has 1 amide bonds. The fourth-order valence-electron chi connectivity index (χ4n) is 3.84. The molecule has 3 rings (SSSR count). The number of allylic oxidation sites excluding steroid dienone is 1. The summed E-state index contributed by atoms with van der Waals surface area (Å²) < 4.78 is 40.8. The van der Waals surface area contributed by atoms with E-state index in [4.69, 9.17) is 5.73 Å². The maximum absolute atomic E-state index is 13.6. The topological polar surface area (TPSA) is 75.8 Å². The van der Waals surface area contributed by atoms with E-state index in [0.717, 1.165) is 11.8 Å². The molecule has 2 N–H and O–H groups in total. The van der Waals surface area contributed by atoms with Gasteiger partial charge in [-0.1, -0.05) is 36.9 Å². The van der Waals surface area contributed by atoms with Crippen LogP contribution in [0.2, 0.25) is 0 Å². The van der Waals surface area contributed by atoms with Crippen LogP contribution in [-0.2, 0) is 9.59 Å². The minimum Gasteiger partial charge on any atom is -0.363 e. The smallest absolute Gasteiger partial charge is 0.363 e. The van der Waals surface area contributed by atoms with Crippen LogP contribution in [-0.4, -0.2) is 47.9 Å². The number of nitrogens with zero attached hydrogens (tertiary/aromatic N) is 3. The highest BCUT2D eigenvalue weighted by Crippen LogP contribution is 2.48. The first-order valence-electron chi connectivity index (χ1n) is 8.78. The van der Waals surface area contributed by atoms with Gasteiger partial charge < -0.3 is 5.73 Å². The van der Waals surface area contributed by atoms with Gasteiger partial charge in [0.1, 0.15) is 11.4 Å². The van der Waals surface area contributed by atoms with Crippen molar-refractivity contribution in [2.45, 2.75) is 19.6 Å². The number of alkyl halides is 3. The summed E-state index contributed by atoms with van der Waals surface area (Å²) in [4.78, 5) is 28.9. The summed E-state index contributed by atoms with van der Waals surface area (Å²) in [5.41, 5.74) is 6.43. The number of hydrogen-bond acceptors (Lipinski definition) is 5. The molecule has 0 spiro atoms. The Labute approximate surface area is 170 Å². The molecule has 154 valence electrons. The van der Waals surface area contributed by atoms with Gasteiger partial charge in [-0.05, 0) is 18.4 Å². The molecule has 2 aliphatic heterocycles. The molecular formula is C19H20F3N4O2S+. The van der Waals surface area contributed by atoms with E-state index in [0.29, 0.717) is 23.6 Å². The number of hydrogen-bond donors (Lipinski definition) is 1. The van der Waals surface area contributed by atoms with Crippen molar-refractivity contribution in [3.8, 4) is 0 Å². The molecule has 1 aromatic carbocycles. The second kappa shape index (κ2) is 7.34. The number of thioether (sulfide) groups is 1. The summed E-state index contributed by atoms with van der Waals surface area (Å²) in [6.45, 7) is 1.17. The minimum absolute atomic E-state index is 0.0699. The first kappa shape index (κ1) is 21.1. The standard InChI is InChI=1S/C19H19F3N4O2S/c1-4-13-14(15(27)16(23)28)12-10-25(19(20,21)22)18(29-3)24-17(12)26(13,2)11-8-6-5-7-9-11/h5-9H,4,10H2,1-3H3,(H-,23,28)/p+1. The Morgan fingerprint density at radius 1 is 1.28 bits per heavy atom. The fraction of sp³-hybridized carbons (Fsp3) is 0.316. The van der Waals surface area contributed by atoms with E-state index in [1.165, 1.54) is 6.26 Å². The summed E-state index contributed by atoms with van der Waals surface area (Å²) >= 11 is 0.867. The zero-order valence-corrected chi connectivity index (χ0v) is 16.9. The molecule has 0 aromatic heterocycles. The number of nitrogens with two attached hydrogens (primary N) is 1. The van der Waals surface area contributed by atoms with Gasteiger partial charge in [0, 0.05) is 6.42 Å². The van der Waals surface area contributed by atoms with E-state index in [1.54, 1.807) is 26.1 Å². The molecule has 0 fully saturated rings. The van der Waals surface area contributed by atoms with E-state index >= 15 is 0 Å². The number of carbonyl (C=O) groups excluding carboxylic acids is 2. The van der Waals surface area contributed by atoms with Crippen molar-refractivity contribution >= 4 is 34.3 Å². The van der Waals surface area contributed by atoms with E-state index in [9.17, 15) is 22.8 Å². The van der Waals surface area contributed by atoms with Crippen molar-refractivity contribution in [2.24, 2.45) is 10.7 Å². The number of para-hydroxylation sites is 1. The third-order valence-electron chi connectivity index (χ3n) is 5.12. The number of benzene rings is 1. The van der Waals surface area contributed by atoms with Crippen LogP contribution in [0.15, 0.2) is 58.0 Å². The maximum atomic E-state index is 13.6. The third-order valence-corrected chi connectivity index (χ3v) is 5.80. The van der Waals surface area contributed by atoms with Crippen molar-refractivity contribution in [1.82, 2.24) is 9.38 Å². The average molecular weight is 425 g/mol. The summed E-state index contributed by atoms with van der Waals surface area (Å²) in [6, 6.07) is 9.02. The van der Waals surface area contributed by atoms with Crippen LogP contribution < -0.4 is 10.2 Å². The van der Waals surface area contributed by atoms with Gasteiger partial charge in [-0.25, -0.2) is 4.48 Å². The Hall–Kier alpha value is -2.59. The number of quaternary nitrogens is 1. The van der Waals surface area contributed by atoms with Crippen LogP contribution in [0.25, 0.3) is 0 Å². The van der Waals surface area contributed by atoms with Gasteiger partial charge in [-0.3, -0.25) is 14.5 Å². The lowest BCUT2D eigenvalue weighted by atomic mass is 9.99. The molecule has 0 radical (unpaired) electrons. The number of halogens is 3. The van der Waals surface area contributed by atoms with Gasteiger partial charge >= 0.3 is 6.30 Å². The molecule has 2 heterocycles. The van der Waals surface area contributed by atoms with Crippen molar-refractivity contribution in [1.29, 1.82) is 0 Å². The number of amides is 1. The van der Waals surface area contributed by atoms with Crippen molar-refractivity contribution in [3.63, 3.8) is 0 Å². The van der Waals surface area contributed by atoms with E-state index in [1.807, 2.05) is 18.2 Å². The maximum Gasteiger partial charge on any atom is 0.486 e. The van der Waals surface area contributed by atoms with Crippen LogP contribution in [0.5, 0.6) is 0 Å². The quantitative estimate of drug-likeness (QED) is 0.457. The molecule has 0 saturated carbocycles. The van der Waals surface area contributed by atoms with E-state index in [-0.39, 0.29) is 25.7 Å². The number of primary amides is 1. The molecule has 0 saturated heterocycles. The monoisotopic (exact) mass is 425 g/mol. The van der Waals surface area contributed by atoms with Crippen molar-refractivity contribution < 1.29 is 22.8 Å².